The number of rotatable bonds is 3. The molecule has 2 aromatic carbocycles. The second kappa shape index (κ2) is 6.02. The summed E-state index contributed by atoms with van der Waals surface area (Å²) in [6, 6.07) is 11.1. The molecule has 20 heavy (non-hydrogen) atoms. The van der Waals surface area contributed by atoms with E-state index in [0.29, 0.717) is 5.56 Å². The summed E-state index contributed by atoms with van der Waals surface area (Å²) < 4.78 is 27.0. The highest BCUT2D eigenvalue weighted by Gasteiger charge is 2.11. The van der Waals surface area contributed by atoms with Gasteiger partial charge in [-0.25, -0.2) is 8.78 Å². The van der Waals surface area contributed by atoms with Crippen molar-refractivity contribution in [1.82, 2.24) is 0 Å². The van der Waals surface area contributed by atoms with Crippen LogP contribution < -0.4 is 5.32 Å². The summed E-state index contributed by atoms with van der Waals surface area (Å²) >= 11 is 3.03. The van der Waals surface area contributed by atoms with Gasteiger partial charge >= 0.3 is 0 Å². The smallest absolute Gasteiger partial charge is 0.149 e. The van der Waals surface area contributed by atoms with Crippen LogP contribution in [0, 0.1) is 23.0 Å². The van der Waals surface area contributed by atoms with Crippen molar-refractivity contribution < 1.29 is 8.78 Å². The number of benzene rings is 2. The van der Waals surface area contributed by atoms with Crippen LogP contribution >= 0.6 is 15.9 Å². The first kappa shape index (κ1) is 14.5. The van der Waals surface area contributed by atoms with Gasteiger partial charge in [-0.2, -0.15) is 5.26 Å². The van der Waals surface area contributed by atoms with E-state index in [1.807, 2.05) is 13.0 Å². The molecule has 5 heteroatoms. The maximum absolute atomic E-state index is 13.7. The second-order valence-corrected chi connectivity index (χ2v) is 5.20. The molecule has 0 saturated carbocycles. The number of hydrogen-bond donors (Lipinski definition) is 1. The molecule has 0 aromatic heterocycles. The second-order valence-electron chi connectivity index (χ2n) is 4.35. The van der Waals surface area contributed by atoms with Crippen molar-refractivity contribution in [3.05, 3.63) is 63.6 Å². The molecule has 0 aliphatic heterocycles. The van der Waals surface area contributed by atoms with Crippen LogP contribution in [0.3, 0.4) is 0 Å². The van der Waals surface area contributed by atoms with Crippen molar-refractivity contribution in [2.45, 2.75) is 13.0 Å². The van der Waals surface area contributed by atoms with Crippen molar-refractivity contribution in [3.8, 4) is 6.07 Å². The Labute approximate surface area is 124 Å². The topological polar surface area (TPSA) is 35.8 Å². The lowest BCUT2D eigenvalue weighted by atomic mass is 10.1. The monoisotopic (exact) mass is 336 g/mol. The maximum Gasteiger partial charge on any atom is 0.149 e. The minimum atomic E-state index is -0.647. The fraction of sp³-hybridized carbons (Fsp3) is 0.133. The lowest BCUT2D eigenvalue weighted by Crippen LogP contribution is -2.08. The van der Waals surface area contributed by atoms with E-state index in [-0.39, 0.29) is 16.2 Å². The summed E-state index contributed by atoms with van der Waals surface area (Å²) in [7, 11) is 0. The molecule has 0 spiro atoms. The molecule has 2 rings (SSSR count). The van der Waals surface area contributed by atoms with Gasteiger partial charge < -0.3 is 5.32 Å². The van der Waals surface area contributed by atoms with E-state index in [0.717, 1.165) is 11.6 Å². The number of anilines is 1. The predicted molar refractivity (Wildman–Crippen MR) is 77.3 cm³/mol. The van der Waals surface area contributed by atoms with Crippen LogP contribution in [-0.4, -0.2) is 0 Å². The Hall–Kier alpha value is -1.93. The van der Waals surface area contributed by atoms with E-state index in [1.54, 1.807) is 24.3 Å². The third kappa shape index (κ3) is 3.14. The molecule has 0 radical (unpaired) electrons. The molecule has 2 aromatic rings. The van der Waals surface area contributed by atoms with Crippen molar-refractivity contribution in [1.29, 1.82) is 5.26 Å². The van der Waals surface area contributed by atoms with Crippen molar-refractivity contribution in [3.63, 3.8) is 0 Å². The van der Waals surface area contributed by atoms with Gasteiger partial charge in [0.25, 0.3) is 0 Å². The highest BCUT2D eigenvalue weighted by atomic mass is 79.9. The van der Waals surface area contributed by atoms with E-state index in [9.17, 15) is 8.78 Å². The molecule has 0 aliphatic rings. The Kier molecular flexibility index (Phi) is 4.35. The lowest BCUT2D eigenvalue weighted by molar-refractivity contribution is 0.579. The third-order valence-electron chi connectivity index (χ3n) is 2.92. The van der Waals surface area contributed by atoms with Crippen LogP contribution in [0.25, 0.3) is 0 Å². The molecule has 0 fully saturated rings. The zero-order chi connectivity index (χ0) is 14.7. The molecule has 1 atom stereocenters. The Morgan fingerprint density at radius 2 is 1.80 bits per heavy atom. The van der Waals surface area contributed by atoms with Crippen molar-refractivity contribution in [2.24, 2.45) is 0 Å². The van der Waals surface area contributed by atoms with Crippen LogP contribution in [0.15, 0.2) is 40.9 Å². The number of halogens is 3. The number of nitrogens with one attached hydrogen (secondary N) is 1. The minimum absolute atomic E-state index is 0.172. The summed E-state index contributed by atoms with van der Waals surface area (Å²) in [5, 5.41) is 11.7. The average molecular weight is 337 g/mol. The first-order valence-electron chi connectivity index (χ1n) is 5.92. The Bertz CT molecular complexity index is 663. The molecule has 102 valence electrons. The van der Waals surface area contributed by atoms with E-state index in [2.05, 4.69) is 21.2 Å². The number of nitrogens with zero attached hydrogens (tertiary/aromatic N) is 1. The Balaban J connectivity index is 2.21. The molecule has 2 nitrogen and oxygen atoms in total. The quantitative estimate of drug-likeness (QED) is 0.819. The zero-order valence-corrected chi connectivity index (χ0v) is 12.2. The molecule has 0 aliphatic carbocycles. The van der Waals surface area contributed by atoms with Crippen LogP contribution in [0.4, 0.5) is 14.5 Å². The first-order chi connectivity index (χ1) is 9.51. The fourth-order valence-corrected chi connectivity index (χ4v) is 2.14. The summed E-state index contributed by atoms with van der Waals surface area (Å²) in [4.78, 5) is 0. The van der Waals surface area contributed by atoms with Gasteiger partial charge in [0.05, 0.1) is 21.8 Å². The highest BCUT2D eigenvalue weighted by molar-refractivity contribution is 9.10. The van der Waals surface area contributed by atoms with Gasteiger partial charge in [-0.05, 0) is 46.6 Å². The molecule has 1 unspecified atom stereocenters. The first-order valence-corrected chi connectivity index (χ1v) is 6.71. The summed E-state index contributed by atoms with van der Waals surface area (Å²) in [6.07, 6.45) is 0. The Morgan fingerprint density at radius 1 is 1.15 bits per heavy atom. The van der Waals surface area contributed by atoms with Crippen LogP contribution in [-0.2, 0) is 0 Å². The summed E-state index contributed by atoms with van der Waals surface area (Å²) in [5.41, 5.74) is 1.69. The van der Waals surface area contributed by atoms with Gasteiger partial charge in [0.1, 0.15) is 11.6 Å². The molecule has 1 N–H and O–H groups in total. The minimum Gasteiger partial charge on any atom is -0.376 e. The maximum atomic E-state index is 13.7. The fourth-order valence-electron chi connectivity index (χ4n) is 1.80. The van der Waals surface area contributed by atoms with E-state index < -0.39 is 11.6 Å². The molecule has 0 saturated heterocycles. The molecular formula is C15H11BrF2N2. The van der Waals surface area contributed by atoms with Crippen LogP contribution in [0.1, 0.15) is 24.1 Å². The van der Waals surface area contributed by atoms with Gasteiger partial charge in [0.15, 0.2) is 0 Å². The van der Waals surface area contributed by atoms with Gasteiger partial charge in [-0.1, -0.05) is 12.1 Å². The predicted octanol–water partition coefficient (Wildman–Crippen LogP) is 4.77. The van der Waals surface area contributed by atoms with E-state index in [4.69, 9.17) is 5.26 Å². The van der Waals surface area contributed by atoms with Gasteiger partial charge in [0, 0.05) is 12.1 Å². The highest BCUT2D eigenvalue weighted by Crippen LogP contribution is 2.27. The summed E-state index contributed by atoms with van der Waals surface area (Å²) in [6.45, 7) is 1.86. The van der Waals surface area contributed by atoms with Crippen molar-refractivity contribution in [2.75, 3.05) is 5.32 Å². The zero-order valence-electron chi connectivity index (χ0n) is 10.6. The van der Waals surface area contributed by atoms with Gasteiger partial charge in [0.2, 0.25) is 0 Å². The number of hydrogen-bond acceptors (Lipinski definition) is 2. The van der Waals surface area contributed by atoms with E-state index >= 15 is 0 Å². The standard InChI is InChI=1S/C15H11BrF2N2/c1-9(11-4-2-10(8-19)3-5-11)20-15-6-12(16)13(17)7-14(15)18/h2-7,9,20H,1H3. The average Bonchev–Trinajstić information content (AvgIpc) is 2.44. The summed E-state index contributed by atoms with van der Waals surface area (Å²) in [5.74, 6) is -1.29. The SMILES string of the molecule is CC(Nc1cc(Br)c(F)cc1F)c1ccc(C#N)cc1. The van der Waals surface area contributed by atoms with Gasteiger partial charge in [-0.15, -0.1) is 0 Å². The van der Waals surface area contributed by atoms with Crippen LogP contribution in [0.5, 0.6) is 0 Å². The Morgan fingerprint density at radius 3 is 2.40 bits per heavy atom. The van der Waals surface area contributed by atoms with E-state index in [1.165, 1.54) is 6.07 Å². The molecule has 0 heterocycles. The number of nitriles is 1. The van der Waals surface area contributed by atoms with Gasteiger partial charge in [-0.3, -0.25) is 0 Å². The molecular weight excluding hydrogens is 326 g/mol. The lowest BCUT2D eigenvalue weighted by Gasteiger charge is -2.16. The molecule has 0 bridgehead atoms. The normalized spacial score (nSPS) is 11.8. The van der Waals surface area contributed by atoms with Crippen LogP contribution in [0.2, 0.25) is 0 Å². The molecule has 0 amide bonds. The largest absolute Gasteiger partial charge is 0.376 e. The van der Waals surface area contributed by atoms with Crippen molar-refractivity contribution >= 4 is 21.6 Å². The third-order valence-corrected chi connectivity index (χ3v) is 3.53.